The molecule has 0 bridgehead atoms. The first-order valence-electron chi connectivity index (χ1n) is 7.91. The molecule has 1 N–H and O–H groups in total. The predicted octanol–water partition coefficient (Wildman–Crippen LogP) is 3.70. The van der Waals surface area contributed by atoms with Crippen LogP contribution in [0.5, 0.6) is 5.75 Å². The Hall–Kier alpha value is -1.06. The zero-order valence-corrected chi connectivity index (χ0v) is 12.7. The molecule has 1 aliphatic rings. The molecule has 0 saturated carbocycles. The van der Waals surface area contributed by atoms with Crippen LogP contribution in [0, 0.1) is 0 Å². The molecular weight excluding hydrogens is 250 g/mol. The van der Waals surface area contributed by atoms with E-state index in [-0.39, 0.29) is 0 Å². The lowest BCUT2D eigenvalue weighted by molar-refractivity contribution is 0.0945. The topological polar surface area (TPSA) is 30.5 Å². The molecule has 0 spiro atoms. The Morgan fingerprint density at radius 3 is 2.70 bits per heavy atom. The first kappa shape index (κ1) is 15.3. The summed E-state index contributed by atoms with van der Waals surface area (Å²) in [7, 11) is 0. The molecule has 1 aromatic carbocycles. The lowest BCUT2D eigenvalue weighted by Crippen LogP contribution is -2.26. The van der Waals surface area contributed by atoms with Crippen molar-refractivity contribution in [2.75, 3.05) is 19.8 Å². The first-order valence-corrected chi connectivity index (χ1v) is 7.91. The van der Waals surface area contributed by atoms with E-state index in [4.69, 9.17) is 9.47 Å². The van der Waals surface area contributed by atoms with E-state index in [0.29, 0.717) is 18.8 Å². The van der Waals surface area contributed by atoms with Crippen LogP contribution in [0.1, 0.15) is 51.1 Å². The second kappa shape index (κ2) is 8.28. The van der Waals surface area contributed by atoms with E-state index in [1.54, 1.807) is 0 Å². The molecule has 0 aromatic heterocycles. The van der Waals surface area contributed by atoms with E-state index in [1.165, 1.54) is 18.4 Å². The number of hydrogen-bond donors (Lipinski definition) is 1. The summed E-state index contributed by atoms with van der Waals surface area (Å²) in [6, 6.07) is 8.86. The van der Waals surface area contributed by atoms with Crippen molar-refractivity contribution < 1.29 is 9.47 Å². The van der Waals surface area contributed by atoms with Crippen LogP contribution in [-0.4, -0.2) is 25.9 Å². The smallest absolute Gasteiger partial charge is 0.119 e. The van der Waals surface area contributed by atoms with Gasteiger partial charge in [-0.1, -0.05) is 19.1 Å². The quantitative estimate of drug-likeness (QED) is 0.786. The van der Waals surface area contributed by atoms with Crippen LogP contribution >= 0.6 is 0 Å². The lowest BCUT2D eigenvalue weighted by Gasteiger charge is -2.22. The molecule has 1 aliphatic heterocycles. The summed E-state index contributed by atoms with van der Waals surface area (Å²) in [5.41, 5.74) is 1.33. The molecule has 0 amide bonds. The molecule has 2 unspecified atom stereocenters. The van der Waals surface area contributed by atoms with Gasteiger partial charge in [0, 0.05) is 12.6 Å². The van der Waals surface area contributed by atoms with Gasteiger partial charge in [-0.15, -0.1) is 0 Å². The highest BCUT2D eigenvalue weighted by Gasteiger charge is 2.21. The summed E-state index contributed by atoms with van der Waals surface area (Å²) in [6.45, 7) is 6.90. The van der Waals surface area contributed by atoms with Gasteiger partial charge in [0.25, 0.3) is 0 Å². The molecule has 0 radical (unpaired) electrons. The highest BCUT2D eigenvalue weighted by atomic mass is 16.5. The summed E-state index contributed by atoms with van der Waals surface area (Å²) < 4.78 is 11.3. The van der Waals surface area contributed by atoms with E-state index in [1.807, 2.05) is 6.92 Å². The van der Waals surface area contributed by atoms with Gasteiger partial charge < -0.3 is 14.8 Å². The second-order valence-corrected chi connectivity index (χ2v) is 5.38. The molecule has 2 rings (SSSR count). The van der Waals surface area contributed by atoms with Gasteiger partial charge in [0.15, 0.2) is 0 Å². The normalized spacial score (nSPS) is 20.0. The Labute approximate surface area is 122 Å². The number of benzene rings is 1. The van der Waals surface area contributed by atoms with E-state index in [0.717, 1.165) is 31.7 Å². The van der Waals surface area contributed by atoms with Crippen molar-refractivity contribution >= 4 is 0 Å². The molecule has 1 aromatic rings. The van der Waals surface area contributed by atoms with Crippen LogP contribution in [0.15, 0.2) is 24.3 Å². The van der Waals surface area contributed by atoms with Crippen LogP contribution in [0.3, 0.4) is 0 Å². The molecule has 1 fully saturated rings. The summed E-state index contributed by atoms with van der Waals surface area (Å²) in [5.74, 6) is 0.947. The summed E-state index contributed by atoms with van der Waals surface area (Å²) in [5, 5.41) is 3.64. The summed E-state index contributed by atoms with van der Waals surface area (Å²) in [4.78, 5) is 0. The van der Waals surface area contributed by atoms with Crippen molar-refractivity contribution in [1.82, 2.24) is 5.32 Å². The average Bonchev–Trinajstić information content (AvgIpc) is 2.98. The monoisotopic (exact) mass is 277 g/mol. The van der Waals surface area contributed by atoms with Crippen molar-refractivity contribution in [1.29, 1.82) is 0 Å². The van der Waals surface area contributed by atoms with Crippen molar-refractivity contribution in [2.24, 2.45) is 0 Å². The maximum absolute atomic E-state index is 5.78. The number of nitrogens with one attached hydrogen (secondary N) is 1. The van der Waals surface area contributed by atoms with Crippen LogP contribution in [-0.2, 0) is 4.74 Å². The summed E-state index contributed by atoms with van der Waals surface area (Å²) >= 11 is 0. The molecule has 3 heteroatoms. The van der Waals surface area contributed by atoms with Gasteiger partial charge in [-0.2, -0.15) is 0 Å². The van der Waals surface area contributed by atoms with E-state index in [2.05, 4.69) is 36.5 Å². The number of ether oxygens (including phenoxy) is 2. The minimum Gasteiger partial charge on any atom is -0.494 e. The Kier molecular flexibility index (Phi) is 6.34. The van der Waals surface area contributed by atoms with Gasteiger partial charge in [0.05, 0.1) is 12.7 Å². The SMILES string of the molecule is CCCNC(CC1CCCO1)c1ccc(OCC)cc1. The lowest BCUT2D eigenvalue weighted by atomic mass is 9.99. The minimum atomic E-state index is 0.383. The van der Waals surface area contributed by atoms with E-state index in [9.17, 15) is 0 Å². The Morgan fingerprint density at radius 2 is 2.10 bits per heavy atom. The van der Waals surface area contributed by atoms with E-state index >= 15 is 0 Å². The Balaban J connectivity index is 1.99. The molecule has 20 heavy (non-hydrogen) atoms. The highest BCUT2D eigenvalue weighted by Crippen LogP contribution is 2.26. The zero-order valence-electron chi connectivity index (χ0n) is 12.7. The fourth-order valence-electron chi connectivity index (χ4n) is 2.71. The van der Waals surface area contributed by atoms with Gasteiger partial charge in [-0.3, -0.25) is 0 Å². The molecule has 0 aliphatic carbocycles. The third-order valence-electron chi connectivity index (χ3n) is 3.76. The highest BCUT2D eigenvalue weighted by molar-refractivity contribution is 5.29. The third-order valence-corrected chi connectivity index (χ3v) is 3.76. The minimum absolute atomic E-state index is 0.383. The number of hydrogen-bond acceptors (Lipinski definition) is 3. The van der Waals surface area contributed by atoms with Gasteiger partial charge in [-0.25, -0.2) is 0 Å². The number of rotatable bonds is 8. The van der Waals surface area contributed by atoms with Crippen molar-refractivity contribution in [3.8, 4) is 5.75 Å². The zero-order chi connectivity index (χ0) is 14.2. The Morgan fingerprint density at radius 1 is 1.30 bits per heavy atom. The van der Waals surface area contributed by atoms with Crippen molar-refractivity contribution in [3.63, 3.8) is 0 Å². The molecule has 2 atom stereocenters. The largest absolute Gasteiger partial charge is 0.494 e. The van der Waals surface area contributed by atoms with E-state index < -0.39 is 0 Å². The van der Waals surface area contributed by atoms with Gasteiger partial charge in [0.1, 0.15) is 5.75 Å². The third kappa shape index (κ3) is 4.50. The predicted molar refractivity (Wildman–Crippen MR) is 82.2 cm³/mol. The maximum Gasteiger partial charge on any atom is 0.119 e. The molecule has 1 heterocycles. The van der Waals surface area contributed by atoms with Gasteiger partial charge in [0.2, 0.25) is 0 Å². The average molecular weight is 277 g/mol. The fourth-order valence-corrected chi connectivity index (χ4v) is 2.71. The van der Waals surface area contributed by atoms with Crippen molar-refractivity contribution in [2.45, 2.75) is 51.7 Å². The molecule has 112 valence electrons. The molecular formula is C17H27NO2. The first-order chi connectivity index (χ1) is 9.83. The maximum atomic E-state index is 5.78. The van der Waals surface area contributed by atoms with Crippen LogP contribution in [0.4, 0.5) is 0 Å². The molecule has 1 saturated heterocycles. The van der Waals surface area contributed by atoms with Gasteiger partial charge in [-0.05, 0) is 56.8 Å². The second-order valence-electron chi connectivity index (χ2n) is 5.38. The Bertz CT molecular complexity index is 371. The standard InChI is InChI=1S/C17H27NO2/c1-3-11-18-17(13-16-6-5-12-20-16)14-7-9-15(10-8-14)19-4-2/h7-10,16-18H,3-6,11-13H2,1-2H3. The van der Waals surface area contributed by atoms with Crippen molar-refractivity contribution in [3.05, 3.63) is 29.8 Å². The fraction of sp³-hybridized carbons (Fsp3) is 0.647. The van der Waals surface area contributed by atoms with Crippen LogP contribution in [0.25, 0.3) is 0 Å². The molecule has 3 nitrogen and oxygen atoms in total. The summed E-state index contributed by atoms with van der Waals surface area (Å²) in [6.07, 6.45) is 5.03. The van der Waals surface area contributed by atoms with Crippen LogP contribution in [0.2, 0.25) is 0 Å². The van der Waals surface area contributed by atoms with Crippen LogP contribution < -0.4 is 10.1 Å². The van der Waals surface area contributed by atoms with Gasteiger partial charge >= 0.3 is 0 Å².